The summed E-state index contributed by atoms with van der Waals surface area (Å²) >= 11 is 9.25. The third-order valence-corrected chi connectivity index (χ3v) is 19.0. The van der Waals surface area contributed by atoms with Gasteiger partial charge in [-0.05, 0) is 11.8 Å². The van der Waals surface area contributed by atoms with Gasteiger partial charge in [-0.3, -0.25) is 0 Å². The van der Waals surface area contributed by atoms with Crippen molar-refractivity contribution in [1.82, 2.24) is 0 Å². The van der Waals surface area contributed by atoms with Crippen LogP contribution < -0.4 is 0 Å². The molecule has 0 aromatic heterocycles. The molecule has 4 heterocycles. The fourth-order valence-corrected chi connectivity index (χ4v) is 18.6. The van der Waals surface area contributed by atoms with Crippen molar-refractivity contribution >= 4 is 55.1 Å². The molecule has 4 fully saturated rings. The Morgan fingerprint density at radius 3 is 1.81 bits per heavy atom. The first-order chi connectivity index (χ1) is 7.35. The lowest BCUT2D eigenvalue weighted by Gasteiger charge is -2.64. The van der Waals surface area contributed by atoms with Crippen molar-refractivity contribution in [3.05, 3.63) is 0 Å². The first-order valence-corrected chi connectivity index (χ1v) is 13.2. The summed E-state index contributed by atoms with van der Waals surface area (Å²) in [7, 11) is -1.10. The molecule has 3 unspecified atom stereocenters. The van der Waals surface area contributed by atoms with Crippen LogP contribution in [-0.2, 0) is 0 Å². The molecule has 0 amide bonds. The molecule has 0 aliphatic carbocycles. The van der Waals surface area contributed by atoms with Crippen molar-refractivity contribution < 1.29 is 0 Å². The van der Waals surface area contributed by atoms with Gasteiger partial charge in [0.05, 0.1) is 25.5 Å². The molecule has 16 heavy (non-hydrogen) atoms. The number of rotatable bonds is 1. The summed E-state index contributed by atoms with van der Waals surface area (Å²) in [4.78, 5) is 0. The Bertz CT molecular complexity index is 298. The molecule has 4 aliphatic heterocycles. The zero-order valence-corrected chi connectivity index (χ0v) is 14.8. The molecule has 4 rings (SSSR count). The van der Waals surface area contributed by atoms with Crippen LogP contribution in [0.2, 0.25) is 19.6 Å². The van der Waals surface area contributed by atoms with Gasteiger partial charge in [0, 0.05) is 0 Å². The number of hydrogen-bond acceptors (Lipinski definition) is 4. The molecule has 92 valence electrons. The molecule has 0 spiro atoms. The van der Waals surface area contributed by atoms with Gasteiger partial charge in [0.1, 0.15) is 0 Å². The maximum Gasteiger partial charge on any atom is 0.0757 e. The zero-order valence-electron chi connectivity index (χ0n) is 10.5. The fraction of sp³-hybridized carbons (Fsp3) is 1.00. The summed E-state index contributed by atoms with van der Waals surface area (Å²) in [5, 5.41) is 0. The van der Waals surface area contributed by atoms with E-state index in [1.54, 1.807) is 0 Å². The zero-order chi connectivity index (χ0) is 11.7. The highest BCUT2D eigenvalue weighted by atomic mass is 32.3. The van der Waals surface area contributed by atoms with Crippen LogP contribution in [0.4, 0.5) is 0 Å². The molecule has 4 bridgehead atoms. The highest BCUT2D eigenvalue weighted by Gasteiger charge is 2.64. The van der Waals surface area contributed by atoms with Gasteiger partial charge in [-0.2, -0.15) is 0 Å². The van der Waals surface area contributed by atoms with Gasteiger partial charge >= 0.3 is 0 Å². The van der Waals surface area contributed by atoms with Crippen molar-refractivity contribution in [2.45, 2.75) is 50.9 Å². The summed E-state index contributed by atoms with van der Waals surface area (Å²) in [5.41, 5.74) is 0. The van der Waals surface area contributed by atoms with Gasteiger partial charge in [-0.15, -0.1) is 47.0 Å². The van der Waals surface area contributed by atoms with E-state index in [-0.39, 0.29) is 0 Å². The second-order valence-corrected chi connectivity index (χ2v) is 18.7. The topological polar surface area (TPSA) is 0 Å². The summed E-state index contributed by atoms with van der Waals surface area (Å²) < 4.78 is 3.28. The fourth-order valence-electron chi connectivity index (χ4n) is 2.98. The maximum absolute atomic E-state index is 2.58. The van der Waals surface area contributed by atoms with Crippen molar-refractivity contribution in [3.8, 4) is 0 Å². The van der Waals surface area contributed by atoms with E-state index in [2.05, 4.69) is 80.5 Å². The van der Waals surface area contributed by atoms with E-state index in [4.69, 9.17) is 0 Å². The van der Waals surface area contributed by atoms with E-state index in [1.165, 1.54) is 0 Å². The van der Waals surface area contributed by atoms with E-state index >= 15 is 0 Å². The van der Waals surface area contributed by atoms with Crippen LogP contribution >= 0.6 is 47.0 Å². The predicted molar refractivity (Wildman–Crippen MR) is 86.1 cm³/mol. The SMILES string of the molecule is CC1C2SC3SC1SC([Si](C)(C)C)(S2)C3C. The lowest BCUT2D eigenvalue weighted by Crippen LogP contribution is -2.63. The molecular weight excluding hydrogens is 288 g/mol. The third-order valence-electron chi connectivity index (χ3n) is 4.03. The summed E-state index contributed by atoms with van der Waals surface area (Å²) in [6, 6.07) is 0. The summed E-state index contributed by atoms with van der Waals surface area (Å²) in [5.74, 6) is 1.79. The van der Waals surface area contributed by atoms with Crippen molar-refractivity contribution in [2.24, 2.45) is 11.8 Å². The van der Waals surface area contributed by atoms with Crippen LogP contribution in [0.25, 0.3) is 0 Å². The first-order valence-electron chi connectivity index (χ1n) is 6.02. The number of hydrogen-bond donors (Lipinski definition) is 0. The monoisotopic (exact) mass is 308 g/mol. The first kappa shape index (κ1) is 12.6. The van der Waals surface area contributed by atoms with Gasteiger partial charge in [0.15, 0.2) is 0 Å². The Hall–Kier alpha value is 1.62. The predicted octanol–water partition coefficient (Wildman–Crippen LogP) is 4.78. The van der Waals surface area contributed by atoms with E-state index < -0.39 is 8.07 Å². The molecule has 4 aliphatic rings. The minimum absolute atomic E-state index is 0.607. The Labute approximate surface area is 117 Å². The Morgan fingerprint density at radius 1 is 0.875 bits per heavy atom. The lowest BCUT2D eigenvalue weighted by molar-refractivity contribution is 0.581. The van der Waals surface area contributed by atoms with Crippen LogP contribution in [0.1, 0.15) is 13.8 Å². The van der Waals surface area contributed by atoms with Crippen molar-refractivity contribution in [3.63, 3.8) is 0 Å². The lowest BCUT2D eigenvalue weighted by atomic mass is 10.2. The molecule has 4 saturated heterocycles. The Balaban J connectivity index is 2.02. The van der Waals surface area contributed by atoms with E-state index in [0.717, 1.165) is 25.6 Å². The Kier molecular flexibility index (Phi) is 3.01. The summed E-state index contributed by atoms with van der Waals surface area (Å²) in [6.45, 7) is 12.7. The smallest absolute Gasteiger partial charge is 0.0757 e. The molecule has 5 heteroatoms. The third kappa shape index (κ3) is 1.54. The van der Waals surface area contributed by atoms with E-state index in [9.17, 15) is 0 Å². The average Bonchev–Trinajstić information content (AvgIpc) is 2.14. The molecule has 0 N–H and O–H groups in total. The quantitative estimate of drug-likeness (QED) is 0.639. The highest BCUT2D eigenvalue weighted by molar-refractivity contribution is 8.37. The minimum atomic E-state index is -1.10. The molecule has 0 aromatic carbocycles. The van der Waals surface area contributed by atoms with Gasteiger partial charge in [0.2, 0.25) is 0 Å². The Morgan fingerprint density at radius 2 is 1.38 bits per heavy atom. The van der Waals surface area contributed by atoms with Crippen LogP contribution in [0.15, 0.2) is 0 Å². The van der Waals surface area contributed by atoms with Gasteiger partial charge < -0.3 is 0 Å². The number of thioether (sulfide) groups is 4. The largest absolute Gasteiger partial charge is 0.133 e. The molecule has 0 radical (unpaired) electrons. The standard InChI is InChI=1S/C11H20S4Si/c1-6-8-12-10-7(2)11(14-8,16(3,4)5)15-9(6)13-10/h6-10H,1-5H3. The summed E-state index contributed by atoms with van der Waals surface area (Å²) in [6.07, 6.45) is 0. The highest BCUT2D eigenvalue weighted by Crippen LogP contribution is 2.74. The molecule has 0 aromatic rings. The van der Waals surface area contributed by atoms with Gasteiger partial charge in [0.25, 0.3) is 0 Å². The second-order valence-electron chi connectivity index (χ2n) is 6.18. The van der Waals surface area contributed by atoms with E-state index in [0.29, 0.717) is 3.70 Å². The van der Waals surface area contributed by atoms with Crippen LogP contribution in [0.5, 0.6) is 0 Å². The molecular formula is C11H20S4Si. The second kappa shape index (κ2) is 3.81. The normalized spacial score (nSPS) is 55.7. The molecule has 0 saturated carbocycles. The van der Waals surface area contributed by atoms with Crippen LogP contribution in [-0.4, -0.2) is 25.5 Å². The van der Waals surface area contributed by atoms with Crippen molar-refractivity contribution in [2.75, 3.05) is 0 Å². The van der Waals surface area contributed by atoms with Crippen LogP contribution in [0.3, 0.4) is 0 Å². The van der Waals surface area contributed by atoms with Gasteiger partial charge in [-0.25, -0.2) is 0 Å². The van der Waals surface area contributed by atoms with Crippen LogP contribution in [0, 0.1) is 11.8 Å². The maximum atomic E-state index is 2.58. The van der Waals surface area contributed by atoms with Gasteiger partial charge in [-0.1, -0.05) is 33.5 Å². The molecule has 0 nitrogen and oxygen atoms in total. The molecule has 3 atom stereocenters. The average molecular weight is 309 g/mol. The van der Waals surface area contributed by atoms with Crippen molar-refractivity contribution in [1.29, 1.82) is 0 Å². The van der Waals surface area contributed by atoms with E-state index in [1.807, 2.05) is 0 Å². The minimum Gasteiger partial charge on any atom is -0.133 e.